The molecule has 0 radical (unpaired) electrons. The van der Waals surface area contributed by atoms with E-state index >= 15 is 0 Å². The lowest BCUT2D eigenvalue weighted by Crippen LogP contribution is -2.33. The molecule has 0 atom stereocenters. The molecule has 2 aromatic carbocycles. The molecule has 1 heterocycles. The number of halogens is 1. The number of carbonyl (C=O) groups is 2. The summed E-state index contributed by atoms with van der Waals surface area (Å²) in [4.78, 5) is 24.2. The van der Waals surface area contributed by atoms with Crippen molar-refractivity contribution in [1.82, 2.24) is 15.1 Å². The van der Waals surface area contributed by atoms with Crippen LogP contribution in [0.2, 0.25) is 0 Å². The van der Waals surface area contributed by atoms with Crippen LogP contribution in [0.4, 0.5) is 10.1 Å². The highest BCUT2D eigenvalue weighted by Crippen LogP contribution is 2.22. The molecule has 6 nitrogen and oxygen atoms in total. The number of carbonyl (C=O) groups excluding carboxylic acids is 2. The van der Waals surface area contributed by atoms with Crippen LogP contribution in [-0.4, -0.2) is 28.1 Å². The van der Waals surface area contributed by atoms with Gasteiger partial charge in [0.15, 0.2) is 5.69 Å². The monoisotopic (exact) mass is 366 g/mol. The fourth-order valence-electron chi connectivity index (χ4n) is 2.63. The molecule has 138 valence electrons. The van der Waals surface area contributed by atoms with E-state index in [2.05, 4.69) is 15.7 Å². The zero-order chi connectivity index (χ0) is 19.4. The number of nitrogens with zero attached hydrogens (tertiary/aromatic N) is 2. The Hall–Kier alpha value is -3.48. The molecule has 0 fully saturated rings. The largest absolute Gasteiger partial charge is 0.342 e. The van der Waals surface area contributed by atoms with Crippen LogP contribution in [0.1, 0.15) is 16.1 Å². The number of para-hydroxylation sites is 1. The Labute approximate surface area is 156 Å². The molecular weight excluding hydrogens is 347 g/mol. The van der Waals surface area contributed by atoms with Gasteiger partial charge in [-0.2, -0.15) is 5.10 Å². The minimum absolute atomic E-state index is 0.171. The highest BCUT2D eigenvalue weighted by atomic mass is 19.1. The van der Waals surface area contributed by atoms with E-state index in [4.69, 9.17) is 0 Å². The minimum atomic E-state index is -0.459. The van der Waals surface area contributed by atoms with Gasteiger partial charge in [0.05, 0.1) is 12.2 Å². The Morgan fingerprint density at radius 3 is 2.56 bits per heavy atom. The van der Waals surface area contributed by atoms with Gasteiger partial charge in [-0.05, 0) is 48.9 Å². The lowest BCUT2D eigenvalue weighted by Gasteiger charge is -2.05. The van der Waals surface area contributed by atoms with Crippen LogP contribution in [0.25, 0.3) is 11.3 Å². The van der Waals surface area contributed by atoms with Crippen molar-refractivity contribution >= 4 is 17.5 Å². The molecule has 3 rings (SSSR count). The van der Waals surface area contributed by atoms with E-state index in [0.29, 0.717) is 16.9 Å². The quantitative estimate of drug-likeness (QED) is 0.729. The van der Waals surface area contributed by atoms with Crippen LogP contribution in [-0.2, 0) is 11.8 Å². The standard InChI is InChI=1S/C20H19FN4O2/c1-13-10-14(8-9-16(13)21)18-11-17(24-25(18)2)20(27)22-12-19(26)23-15-6-4-3-5-7-15/h3-11H,12H2,1-2H3,(H,22,27)(H,23,26). The van der Waals surface area contributed by atoms with Gasteiger partial charge >= 0.3 is 0 Å². The lowest BCUT2D eigenvalue weighted by atomic mass is 10.1. The number of aryl methyl sites for hydroxylation is 2. The van der Waals surface area contributed by atoms with Crippen LogP contribution >= 0.6 is 0 Å². The maximum absolute atomic E-state index is 13.5. The zero-order valence-corrected chi connectivity index (χ0v) is 15.0. The highest BCUT2D eigenvalue weighted by molar-refractivity contribution is 5.98. The molecule has 3 aromatic rings. The molecule has 0 aliphatic rings. The molecule has 1 aromatic heterocycles. The van der Waals surface area contributed by atoms with Crippen molar-refractivity contribution in [1.29, 1.82) is 0 Å². The van der Waals surface area contributed by atoms with Crippen molar-refractivity contribution in [3.8, 4) is 11.3 Å². The van der Waals surface area contributed by atoms with Crippen molar-refractivity contribution in [3.63, 3.8) is 0 Å². The second-order valence-electron chi connectivity index (χ2n) is 6.10. The third kappa shape index (κ3) is 4.38. The first-order chi connectivity index (χ1) is 12.9. The fraction of sp³-hybridized carbons (Fsp3) is 0.150. The van der Waals surface area contributed by atoms with Crippen LogP contribution in [0.3, 0.4) is 0 Å². The predicted octanol–water partition coefficient (Wildman–Crippen LogP) is 2.90. The predicted molar refractivity (Wildman–Crippen MR) is 101 cm³/mol. The average molecular weight is 366 g/mol. The van der Waals surface area contributed by atoms with E-state index in [1.54, 1.807) is 61.1 Å². The molecule has 0 saturated heterocycles. The van der Waals surface area contributed by atoms with E-state index in [-0.39, 0.29) is 24.0 Å². The summed E-state index contributed by atoms with van der Waals surface area (Å²) in [6.45, 7) is 1.50. The molecule has 0 unspecified atom stereocenters. The summed E-state index contributed by atoms with van der Waals surface area (Å²) in [6.07, 6.45) is 0. The summed E-state index contributed by atoms with van der Waals surface area (Å²) in [5.74, 6) is -1.08. The van der Waals surface area contributed by atoms with Crippen molar-refractivity contribution in [3.05, 3.63) is 71.7 Å². The summed E-state index contributed by atoms with van der Waals surface area (Å²) < 4.78 is 15.0. The smallest absolute Gasteiger partial charge is 0.272 e. The Bertz CT molecular complexity index is 983. The minimum Gasteiger partial charge on any atom is -0.342 e. The zero-order valence-electron chi connectivity index (χ0n) is 15.0. The van der Waals surface area contributed by atoms with E-state index < -0.39 is 5.91 Å². The lowest BCUT2D eigenvalue weighted by molar-refractivity contribution is -0.115. The molecule has 27 heavy (non-hydrogen) atoms. The normalized spacial score (nSPS) is 10.5. The van der Waals surface area contributed by atoms with Gasteiger partial charge in [0, 0.05) is 18.3 Å². The second-order valence-corrected chi connectivity index (χ2v) is 6.10. The van der Waals surface area contributed by atoms with Gasteiger partial charge < -0.3 is 10.6 Å². The number of nitrogens with one attached hydrogen (secondary N) is 2. The first-order valence-electron chi connectivity index (χ1n) is 8.37. The summed E-state index contributed by atoms with van der Waals surface area (Å²) in [6, 6.07) is 15.3. The Balaban J connectivity index is 1.65. The highest BCUT2D eigenvalue weighted by Gasteiger charge is 2.15. The van der Waals surface area contributed by atoms with Crippen molar-refractivity contribution in [2.24, 2.45) is 7.05 Å². The molecular formula is C20H19FN4O2. The third-order valence-corrected chi connectivity index (χ3v) is 4.03. The molecule has 2 amide bonds. The fourth-order valence-corrected chi connectivity index (χ4v) is 2.63. The van der Waals surface area contributed by atoms with Gasteiger partial charge in [0.25, 0.3) is 5.91 Å². The summed E-state index contributed by atoms with van der Waals surface area (Å²) in [7, 11) is 1.70. The molecule has 0 aliphatic carbocycles. The topological polar surface area (TPSA) is 76.0 Å². The SMILES string of the molecule is Cc1cc(-c2cc(C(=O)NCC(=O)Nc3ccccc3)nn2C)ccc1F. The number of rotatable bonds is 5. The number of aromatic nitrogens is 2. The van der Waals surface area contributed by atoms with Gasteiger partial charge in [0.2, 0.25) is 5.91 Å². The Morgan fingerprint density at radius 1 is 1.11 bits per heavy atom. The number of hydrogen-bond acceptors (Lipinski definition) is 3. The number of anilines is 1. The maximum Gasteiger partial charge on any atom is 0.272 e. The van der Waals surface area contributed by atoms with E-state index in [0.717, 1.165) is 5.56 Å². The molecule has 0 spiro atoms. The van der Waals surface area contributed by atoms with Crippen LogP contribution in [0.15, 0.2) is 54.6 Å². The van der Waals surface area contributed by atoms with Gasteiger partial charge in [-0.15, -0.1) is 0 Å². The third-order valence-electron chi connectivity index (χ3n) is 4.03. The van der Waals surface area contributed by atoms with Crippen molar-refractivity contribution in [2.75, 3.05) is 11.9 Å². The average Bonchev–Trinajstić information content (AvgIpc) is 3.05. The van der Waals surface area contributed by atoms with E-state index in [9.17, 15) is 14.0 Å². The van der Waals surface area contributed by atoms with Crippen LogP contribution < -0.4 is 10.6 Å². The van der Waals surface area contributed by atoms with Crippen LogP contribution in [0.5, 0.6) is 0 Å². The molecule has 7 heteroatoms. The van der Waals surface area contributed by atoms with Crippen molar-refractivity contribution in [2.45, 2.75) is 6.92 Å². The van der Waals surface area contributed by atoms with Crippen LogP contribution in [0, 0.1) is 12.7 Å². The Morgan fingerprint density at radius 2 is 1.85 bits per heavy atom. The number of hydrogen-bond donors (Lipinski definition) is 2. The maximum atomic E-state index is 13.5. The number of amides is 2. The van der Waals surface area contributed by atoms with Crippen molar-refractivity contribution < 1.29 is 14.0 Å². The molecule has 0 aliphatic heterocycles. The van der Waals surface area contributed by atoms with E-state index in [1.165, 1.54) is 6.07 Å². The summed E-state index contributed by atoms with van der Waals surface area (Å²) in [5.41, 5.74) is 2.78. The van der Waals surface area contributed by atoms with Gasteiger partial charge in [0.1, 0.15) is 5.82 Å². The second kappa shape index (κ2) is 7.82. The van der Waals surface area contributed by atoms with E-state index in [1.807, 2.05) is 6.07 Å². The van der Waals surface area contributed by atoms with Gasteiger partial charge in [-0.3, -0.25) is 14.3 Å². The molecule has 0 saturated carbocycles. The Kier molecular flexibility index (Phi) is 5.30. The molecule has 2 N–H and O–H groups in total. The van der Waals surface area contributed by atoms with Gasteiger partial charge in [-0.25, -0.2) is 4.39 Å². The first kappa shape index (κ1) is 18.3. The molecule has 0 bridgehead atoms. The summed E-state index contributed by atoms with van der Waals surface area (Å²) >= 11 is 0. The first-order valence-corrected chi connectivity index (χ1v) is 8.37. The summed E-state index contributed by atoms with van der Waals surface area (Å²) in [5, 5.41) is 9.41. The number of benzene rings is 2. The van der Waals surface area contributed by atoms with Gasteiger partial charge in [-0.1, -0.05) is 18.2 Å².